The molecule has 0 saturated heterocycles. The van der Waals surface area contributed by atoms with Crippen molar-refractivity contribution in [1.82, 2.24) is 5.32 Å². The molecule has 0 aromatic heterocycles. The highest BCUT2D eigenvalue weighted by molar-refractivity contribution is 7.80. The van der Waals surface area contributed by atoms with Crippen molar-refractivity contribution >= 4 is 57.8 Å². The van der Waals surface area contributed by atoms with Crippen LogP contribution >= 0.6 is 35.4 Å². The number of amides is 1. The van der Waals surface area contributed by atoms with E-state index in [0.717, 1.165) is 24.5 Å². The number of hydrogen-bond acceptors (Lipinski definition) is 4. The summed E-state index contributed by atoms with van der Waals surface area (Å²) in [6.07, 6.45) is 0. The number of nitrogens with zero attached hydrogens (tertiary/aromatic N) is 1. The lowest BCUT2D eigenvalue weighted by atomic mass is 10.2. The van der Waals surface area contributed by atoms with Crippen LogP contribution in [0.1, 0.15) is 13.8 Å². The number of carbonyl (C=O) groups excluding carboxylic acids is 1. The van der Waals surface area contributed by atoms with Crippen LogP contribution in [-0.2, 0) is 4.79 Å². The minimum Gasteiger partial charge on any atom is -0.482 e. The number of anilines is 2. The van der Waals surface area contributed by atoms with Gasteiger partial charge >= 0.3 is 0 Å². The predicted octanol–water partition coefficient (Wildman–Crippen LogP) is 4.73. The second kappa shape index (κ2) is 10.3. The molecule has 8 heteroatoms. The van der Waals surface area contributed by atoms with E-state index in [1.165, 1.54) is 0 Å². The van der Waals surface area contributed by atoms with Crippen molar-refractivity contribution in [2.75, 3.05) is 29.9 Å². The largest absolute Gasteiger partial charge is 0.482 e. The summed E-state index contributed by atoms with van der Waals surface area (Å²) >= 11 is 17.0. The zero-order valence-corrected chi connectivity index (χ0v) is 17.4. The minimum atomic E-state index is -0.390. The number of ether oxygens (including phenoxy) is 1. The normalized spacial score (nSPS) is 10.2. The third kappa shape index (κ3) is 6.57. The van der Waals surface area contributed by atoms with E-state index in [9.17, 15) is 4.79 Å². The number of thiocarbonyl (C=S) groups is 1. The number of rotatable bonds is 7. The van der Waals surface area contributed by atoms with Crippen molar-refractivity contribution in [2.45, 2.75) is 13.8 Å². The number of hydrogen-bond donors (Lipinski definition) is 2. The van der Waals surface area contributed by atoms with E-state index in [0.29, 0.717) is 15.8 Å². The summed E-state index contributed by atoms with van der Waals surface area (Å²) in [5.74, 6) is -0.0136. The molecule has 0 spiro atoms. The van der Waals surface area contributed by atoms with Crippen LogP contribution in [0.15, 0.2) is 42.5 Å². The summed E-state index contributed by atoms with van der Waals surface area (Å²) in [6, 6.07) is 12.6. The summed E-state index contributed by atoms with van der Waals surface area (Å²) in [5.41, 5.74) is 1.92. The lowest BCUT2D eigenvalue weighted by Gasteiger charge is -2.21. The molecule has 0 aliphatic carbocycles. The number of halogens is 2. The van der Waals surface area contributed by atoms with Crippen LogP contribution in [0.4, 0.5) is 11.4 Å². The maximum atomic E-state index is 12.0. The Hall–Kier alpha value is -2.02. The Bertz CT molecular complexity index is 796. The maximum Gasteiger partial charge on any atom is 0.264 e. The fraction of sp³-hybridized carbons (Fsp3) is 0.263. The Morgan fingerprint density at radius 1 is 1.11 bits per heavy atom. The van der Waals surface area contributed by atoms with E-state index in [4.69, 9.17) is 40.2 Å². The monoisotopic (exact) mass is 425 g/mol. The molecule has 2 rings (SSSR count). The van der Waals surface area contributed by atoms with Gasteiger partial charge in [-0.3, -0.25) is 10.1 Å². The molecule has 0 radical (unpaired) electrons. The first-order valence-corrected chi connectivity index (χ1v) is 9.63. The van der Waals surface area contributed by atoms with Crippen molar-refractivity contribution in [3.63, 3.8) is 0 Å². The summed E-state index contributed by atoms with van der Waals surface area (Å²) in [6.45, 7) is 5.88. The van der Waals surface area contributed by atoms with Gasteiger partial charge in [0.2, 0.25) is 0 Å². The van der Waals surface area contributed by atoms with Crippen LogP contribution in [0, 0.1) is 0 Å². The van der Waals surface area contributed by atoms with E-state index in [1.54, 1.807) is 18.2 Å². The summed E-state index contributed by atoms with van der Waals surface area (Å²) in [7, 11) is 0. The molecule has 0 saturated carbocycles. The molecule has 1 amide bonds. The fourth-order valence-corrected chi connectivity index (χ4v) is 3.10. The van der Waals surface area contributed by atoms with Crippen molar-refractivity contribution < 1.29 is 9.53 Å². The standard InChI is InChI=1S/C19H21Cl2N3O2S/c1-3-24(4-2)15-8-6-14(7-9-15)22-19(27)23-18(25)12-26-17-10-5-13(20)11-16(17)21/h5-11H,3-4,12H2,1-2H3,(H2,22,23,25,27). The summed E-state index contributed by atoms with van der Waals surface area (Å²) in [5, 5.41) is 6.57. The Morgan fingerprint density at radius 3 is 2.37 bits per heavy atom. The van der Waals surface area contributed by atoms with Gasteiger partial charge < -0.3 is 15.0 Å². The van der Waals surface area contributed by atoms with Crippen molar-refractivity contribution in [1.29, 1.82) is 0 Å². The first-order chi connectivity index (χ1) is 12.9. The highest BCUT2D eigenvalue weighted by Crippen LogP contribution is 2.27. The van der Waals surface area contributed by atoms with Crippen LogP contribution in [0.5, 0.6) is 5.75 Å². The van der Waals surface area contributed by atoms with Gasteiger partial charge in [0.15, 0.2) is 11.7 Å². The van der Waals surface area contributed by atoms with Gasteiger partial charge in [-0.25, -0.2) is 0 Å². The molecule has 0 bridgehead atoms. The molecule has 0 unspecified atom stereocenters. The quantitative estimate of drug-likeness (QED) is 0.627. The number of nitrogens with one attached hydrogen (secondary N) is 2. The van der Waals surface area contributed by atoms with Crippen LogP contribution in [0.3, 0.4) is 0 Å². The third-order valence-electron chi connectivity index (χ3n) is 3.76. The fourth-order valence-electron chi connectivity index (χ4n) is 2.40. The molecule has 0 aliphatic heterocycles. The highest BCUT2D eigenvalue weighted by Gasteiger charge is 2.09. The SMILES string of the molecule is CCN(CC)c1ccc(NC(=S)NC(=O)COc2ccc(Cl)cc2Cl)cc1. The molecule has 27 heavy (non-hydrogen) atoms. The third-order valence-corrected chi connectivity index (χ3v) is 4.49. The first kappa shape index (κ1) is 21.3. The molecule has 0 aliphatic rings. The Morgan fingerprint density at radius 2 is 1.78 bits per heavy atom. The highest BCUT2D eigenvalue weighted by atomic mass is 35.5. The van der Waals surface area contributed by atoms with Gasteiger partial charge in [-0.15, -0.1) is 0 Å². The summed E-state index contributed by atoms with van der Waals surface area (Å²) < 4.78 is 5.38. The molecular weight excluding hydrogens is 405 g/mol. The minimum absolute atomic E-state index is 0.196. The van der Waals surface area contributed by atoms with Gasteiger partial charge in [-0.1, -0.05) is 23.2 Å². The van der Waals surface area contributed by atoms with Crippen LogP contribution in [-0.4, -0.2) is 30.7 Å². The molecule has 2 N–H and O–H groups in total. The smallest absolute Gasteiger partial charge is 0.264 e. The first-order valence-electron chi connectivity index (χ1n) is 8.46. The molecule has 0 fully saturated rings. The molecule has 144 valence electrons. The zero-order chi connectivity index (χ0) is 19.8. The molecule has 0 heterocycles. The molecule has 0 atom stereocenters. The number of carbonyl (C=O) groups is 1. The van der Waals surface area contributed by atoms with Gasteiger partial charge in [0.05, 0.1) is 5.02 Å². The lowest BCUT2D eigenvalue weighted by molar-refractivity contribution is -0.121. The zero-order valence-electron chi connectivity index (χ0n) is 15.1. The van der Waals surface area contributed by atoms with E-state index >= 15 is 0 Å². The van der Waals surface area contributed by atoms with Crippen LogP contribution in [0.2, 0.25) is 10.0 Å². The summed E-state index contributed by atoms with van der Waals surface area (Å²) in [4.78, 5) is 14.2. The van der Waals surface area contributed by atoms with E-state index in [2.05, 4.69) is 29.4 Å². The van der Waals surface area contributed by atoms with Crippen molar-refractivity contribution in [2.24, 2.45) is 0 Å². The lowest BCUT2D eigenvalue weighted by Crippen LogP contribution is -2.37. The van der Waals surface area contributed by atoms with E-state index < -0.39 is 5.91 Å². The van der Waals surface area contributed by atoms with Crippen LogP contribution in [0.25, 0.3) is 0 Å². The Kier molecular flexibility index (Phi) is 8.16. The van der Waals surface area contributed by atoms with Gasteiger partial charge in [0.25, 0.3) is 5.91 Å². The number of benzene rings is 2. The van der Waals surface area contributed by atoms with Crippen molar-refractivity contribution in [3.05, 3.63) is 52.5 Å². The Labute approximate surface area is 174 Å². The molecule has 2 aromatic carbocycles. The van der Waals surface area contributed by atoms with Gasteiger partial charge in [0.1, 0.15) is 5.75 Å². The molecule has 5 nitrogen and oxygen atoms in total. The predicted molar refractivity (Wildman–Crippen MR) is 116 cm³/mol. The van der Waals surface area contributed by atoms with E-state index in [-0.39, 0.29) is 11.7 Å². The van der Waals surface area contributed by atoms with Crippen molar-refractivity contribution in [3.8, 4) is 5.75 Å². The maximum absolute atomic E-state index is 12.0. The molecule has 2 aromatic rings. The second-order valence-corrected chi connectivity index (χ2v) is 6.84. The Balaban J connectivity index is 1.83. The van der Waals surface area contributed by atoms with Gasteiger partial charge in [-0.05, 0) is 68.5 Å². The average molecular weight is 426 g/mol. The second-order valence-electron chi connectivity index (χ2n) is 5.58. The topological polar surface area (TPSA) is 53.6 Å². The van der Waals surface area contributed by atoms with Gasteiger partial charge in [0, 0.05) is 29.5 Å². The van der Waals surface area contributed by atoms with Crippen LogP contribution < -0.4 is 20.3 Å². The average Bonchev–Trinajstić information content (AvgIpc) is 2.63. The van der Waals surface area contributed by atoms with Gasteiger partial charge in [-0.2, -0.15) is 0 Å². The molecular formula is C19H21Cl2N3O2S. The van der Waals surface area contributed by atoms with E-state index in [1.807, 2.05) is 24.3 Å².